The summed E-state index contributed by atoms with van der Waals surface area (Å²) in [6.07, 6.45) is 9.34. The molecule has 4 heteroatoms. The first kappa shape index (κ1) is 20.0. The van der Waals surface area contributed by atoms with Crippen molar-refractivity contribution in [1.29, 1.82) is 0 Å². The summed E-state index contributed by atoms with van der Waals surface area (Å²) in [5.74, 6) is 6.77. The molecule has 0 aromatic heterocycles. The summed E-state index contributed by atoms with van der Waals surface area (Å²) in [5.41, 5.74) is 2.67. The summed E-state index contributed by atoms with van der Waals surface area (Å²) in [5, 5.41) is 0. The van der Waals surface area contributed by atoms with Gasteiger partial charge in [0.2, 0.25) is 0 Å². The third kappa shape index (κ3) is 2.78. The van der Waals surface area contributed by atoms with Gasteiger partial charge in [0.25, 0.3) is 0 Å². The van der Waals surface area contributed by atoms with Crippen molar-refractivity contribution in [2.24, 2.45) is 5.92 Å². The van der Waals surface area contributed by atoms with E-state index in [-0.39, 0.29) is 0 Å². The van der Waals surface area contributed by atoms with E-state index in [2.05, 4.69) is 105 Å². The molecule has 1 heterocycles. The zero-order valence-corrected chi connectivity index (χ0v) is 21.8. The summed E-state index contributed by atoms with van der Waals surface area (Å²) in [6.45, 7) is 15.6. The van der Waals surface area contributed by atoms with Crippen molar-refractivity contribution >= 4 is 35.5 Å². The number of hydrogen-bond acceptors (Lipinski definition) is 1. The third-order valence-electron chi connectivity index (χ3n) is 6.46. The van der Waals surface area contributed by atoms with Crippen molar-refractivity contribution < 1.29 is 3.76 Å². The topological polar surface area (TPSA) is 9.23 Å². The Balaban J connectivity index is 2.36. The van der Waals surface area contributed by atoms with Crippen LogP contribution in [0, 0.1) is 5.92 Å². The molecule has 0 bridgehead atoms. The summed E-state index contributed by atoms with van der Waals surface area (Å²) in [4.78, 5) is 0. The normalized spacial score (nSPS) is 24.2. The molecule has 1 aliphatic heterocycles. The van der Waals surface area contributed by atoms with Crippen LogP contribution >= 0.6 is 0 Å². The van der Waals surface area contributed by atoms with E-state index in [1.807, 2.05) is 0 Å². The fourth-order valence-electron chi connectivity index (χ4n) is 6.58. The molecule has 1 aromatic carbocycles. The van der Waals surface area contributed by atoms with Gasteiger partial charge in [0, 0.05) is 0 Å². The molecule has 1 aliphatic carbocycles. The van der Waals surface area contributed by atoms with Gasteiger partial charge in [-0.2, -0.15) is 0 Å². The average Bonchev–Trinajstić information content (AvgIpc) is 2.51. The van der Waals surface area contributed by atoms with Crippen molar-refractivity contribution in [3.8, 4) is 0 Å². The summed E-state index contributed by atoms with van der Waals surface area (Å²) in [6, 6.07) is 10.8. The second kappa shape index (κ2) is 6.38. The molecule has 2 aliphatic rings. The van der Waals surface area contributed by atoms with E-state index >= 15 is 0 Å². The zero-order valence-electron chi connectivity index (χ0n) is 17.7. The molecule has 0 fully saturated rings. The van der Waals surface area contributed by atoms with Crippen LogP contribution in [0.25, 0.3) is 5.76 Å². The Morgan fingerprint density at radius 2 is 1.46 bits per heavy atom. The van der Waals surface area contributed by atoms with Crippen molar-refractivity contribution in [3.63, 3.8) is 0 Å². The molecular formula is C22H34GeOSi2. The maximum absolute atomic E-state index is 7.15. The molecular weight excluding hydrogens is 409 g/mol. The van der Waals surface area contributed by atoms with Crippen LogP contribution in [0.3, 0.4) is 0 Å². The minimum atomic E-state index is -2.65. The first-order valence-corrected chi connectivity index (χ1v) is 22.9. The standard InChI is InChI=1S/C22H34GeOSi2/c1-23(2)22(25(3,4)5,26(6,7)8)20-17-13-12-16-19(20)21(24-23)18-14-10-9-11-15-18/h9-17,20H,1-8H3. The Bertz CT molecular complexity index is 763. The molecule has 0 saturated heterocycles. The van der Waals surface area contributed by atoms with Gasteiger partial charge in [-0.3, -0.25) is 0 Å². The van der Waals surface area contributed by atoms with E-state index in [1.54, 1.807) is 0 Å². The number of allylic oxidation sites excluding steroid dienone is 5. The van der Waals surface area contributed by atoms with Gasteiger partial charge >= 0.3 is 165 Å². The predicted molar refractivity (Wildman–Crippen MR) is 123 cm³/mol. The van der Waals surface area contributed by atoms with Crippen LogP contribution in [0.15, 0.2) is 60.2 Å². The van der Waals surface area contributed by atoms with E-state index in [0.29, 0.717) is 9.41 Å². The van der Waals surface area contributed by atoms with E-state index in [4.69, 9.17) is 3.76 Å². The van der Waals surface area contributed by atoms with Gasteiger partial charge in [-0.15, -0.1) is 0 Å². The Morgan fingerprint density at radius 1 is 0.885 bits per heavy atom. The van der Waals surface area contributed by atoms with Gasteiger partial charge in [-0.1, -0.05) is 0 Å². The molecule has 0 spiro atoms. The molecule has 0 N–H and O–H groups in total. The number of fused-ring (bicyclic) bond motifs is 1. The van der Waals surface area contributed by atoms with Crippen molar-refractivity contribution in [1.82, 2.24) is 0 Å². The van der Waals surface area contributed by atoms with Crippen LogP contribution in [0.4, 0.5) is 0 Å². The Hall–Kier alpha value is -0.783. The van der Waals surface area contributed by atoms with Crippen molar-refractivity contribution in [3.05, 3.63) is 65.8 Å². The summed E-state index contributed by atoms with van der Waals surface area (Å²) in [7, 11) is -3.03. The van der Waals surface area contributed by atoms with Crippen LogP contribution in [-0.4, -0.2) is 29.8 Å². The van der Waals surface area contributed by atoms with Gasteiger partial charge in [-0.05, 0) is 0 Å². The van der Waals surface area contributed by atoms with E-state index < -0.39 is 29.8 Å². The average molecular weight is 443 g/mol. The quantitative estimate of drug-likeness (QED) is 0.464. The van der Waals surface area contributed by atoms with Gasteiger partial charge in [0.15, 0.2) is 0 Å². The van der Waals surface area contributed by atoms with Crippen molar-refractivity contribution in [2.75, 3.05) is 0 Å². The van der Waals surface area contributed by atoms with Crippen molar-refractivity contribution in [2.45, 2.75) is 54.3 Å². The second-order valence-corrected chi connectivity index (χ2v) is 31.9. The fourth-order valence-corrected chi connectivity index (χ4v) is 48.8. The Labute approximate surface area is 165 Å². The first-order valence-electron chi connectivity index (χ1n) is 9.77. The van der Waals surface area contributed by atoms with Crippen LogP contribution in [0.1, 0.15) is 5.56 Å². The molecule has 1 nitrogen and oxygen atoms in total. The van der Waals surface area contributed by atoms with E-state index in [9.17, 15) is 0 Å². The molecule has 0 amide bonds. The summed E-state index contributed by atoms with van der Waals surface area (Å²) < 4.78 is 7.55. The number of rotatable bonds is 3. The fraction of sp³-hybridized carbons (Fsp3) is 0.455. The Kier molecular flexibility index (Phi) is 4.90. The van der Waals surface area contributed by atoms with Gasteiger partial charge in [0.05, 0.1) is 0 Å². The van der Waals surface area contributed by atoms with Crippen LogP contribution in [0.5, 0.6) is 0 Å². The molecule has 3 rings (SSSR count). The molecule has 26 heavy (non-hydrogen) atoms. The number of hydrogen-bond donors (Lipinski definition) is 0. The number of benzene rings is 1. The molecule has 1 unspecified atom stereocenters. The maximum atomic E-state index is 7.15. The predicted octanol–water partition coefficient (Wildman–Crippen LogP) is 6.87. The molecule has 140 valence electrons. The molecule has 1 atom stereocenters. The first-order chi connectivity index (χ1) is 11.9. The third-order valence-corrected chi connectivity index (χ3v) is 38.2. The van der Waals surface area contributed by atoms with E-state index in [1.165, 1.54) is 11.1 Å². The minimum absolute atomic E-state index is 0.398. The molecule has 0 saturated carbocycles. The molecule has 1 aromatic rings. The van der Waals surface area contributed by atoms with Gasteiger partial charge < -0.3 is 0 Å². The van der Waals surface area contributed by atoms with Gasteiger partial charge in [0.1, 0.15) is 0 Å². The zero-order chi connectivity index (χ0) is 19.4. The monoisotopic (exact) mass is 444 g/mol. The SMILES string of the molecule is C[Si](C)(C)[C]1([Si](C)(C)C)C2C=CC=CC2=C(c2ccccc2)[O][Ge]1([CH3])[CH3]. The van der Waals surface area contributed by atoms with E-state index in [0.717, 1.165) is 5.76 Å². The second-order valence-electron chi connectivity index (χ2n) is 10.3. The van der Waals surface area contributed by atoms with Crippen LogP contribution in [-0.2, 0) is 3.76 Å². The molecule has 0 radical (unpaired) electrons. The van der Waals surface area contributed by atoms with Crippen LogP contribution < -0.4 is 0 Å². The van der Waals surface area contributed by atoms with Gasteiger partial charge in [-0.25, -0.2) is 0 Å². The van der Waals surface area contributed by atoms with Crippen LogP contribution in [0.2, 0.25) is 54.3 Å². The Morgan fingerprint density at radius 3 is 2.00 bits per heavy atom. The summed E-state index contributed by atoms with van der Waals surface area (Å²) >= 11 is -2.65.